The highest BCUT2D eigenvalue weighted by Crippen LogP contribution is 2.59. The zero-order valence-corrected chi connectivity index (χ0v) is 12.3. The maximum atomic E-state index is 13.5. The van der Waals surface area contributed by atoms with Gasteiger partial charge in [0.15, 0.2) is 0 Å². The molecule has 1 aromatic heterocycles. The molecule has 2 heterocycles. The van der Waals surface area contributed by atoms with Crippen LogP contribution in [0.2, 0.25) is 0 Å². The maximum Gasteiger partial charge on any atom is 0.257 e. The Morgan fingerprint density at radius 1 is 1.41 bits per heavy atom. The average Bonchev–Trinajstić information content (AvgIpc) is 2.89. The van der Waals surface area contributed by atoms with Crippen LogP contribution in [0.1, 0.15) is 29.3 Å². The molecule has 1 aliphatic heterocycles. The number of alkyl halides is 2. The summed E-state index contributed by atoms with van der Waals surface area (Å²) in [6.45, 7) is 2.59. The molecule has 1 aliphatic carbocycles. The molecule has 0 bridgehead atoms. The van der Waals surface area contributed by atoms with Gasteiger partial charge in [-0.3, -0.25) is 4.79 Å². The molecule has 0 spiro atoms. The molecule has 0 radical (unpaired) electrons. The SMILES string of the molecule is CCc1ccc2occ(C(=O)N3CC[C@@H]4[C@H](C3)C4(F)F)c2c1. The van der Waals surface area contributed by atoms with Crippen molar-refractivity contribution in [1.29, 1.82) is 0 Å². The van der Waals surface area contributed by atoms with Crippen LogP contribution in [0.5, 0.6) is 0 Å². The molecule has 1 amide bonds. The van der Waals surface area contributed by atoms with E-state index in [0.717, 1.165) is 17.4 Å². The Labute approximate surface area is 126 Å². The predicted octanol–water partition coefficient (Wildman–Crippen LogP) is 3.72. The lowest BCUT2D eigenvalue weighted by Gasteiger charge is -2.25. The Hall–Kier alpha value is -1.91. The van der Waals surface area contributed by atoms with E-state index in [9.17, 15) is 13.6 Å². The molecule has 2 atom stereocenters. The van der Waals surface area contributed by atoms with Gasteiger partial charge >= 0.3 is 0 Å². The fourth-order valence-corrected chi connectivity index (χ4v) is 3.54. The van der Waals surface area contributed by atoms with Crippen LogP contribution >= 0.6 is 0 Å². The van der Waals surface area contributed by atoms with Gasteiger partial charge in [-0.25, -0.2) is 8.78 Å². The van der Waals surface area contributed by atoms with E-state index in [4.69, 9.17) is 4.42 Å². The summed E-state index contributed by atoms with van der Waals surface area (Å²) in [5.74, 6) is -3.96. The third-order valence-electron chi connectivity index (χ3n) is 5.06. The molecule has 2 aliphatic rings. The summed E-state index contributed by atoms with van der Waals surface area (Å²) in [4.78, 5) is 14.2. The number of amides is 1. The van der Waals surface area contributed by atoms with Crippen molar-refractivity contribution in [3.63, 3.8) is 0 Å². The number of carbonyl (C=O) groups is 1. The Balaban J connectivity index is 1.63. The first-order valence-electron chi connectivity index (χ1n) is 7.69. The van der Waals surface area contributed by atoms with Crippen LogP contribution in [0.25, 0.3) is 11.0 Å². The average molecular weight is 305 g/mol. The van der Waals surface area contributed by atoms with E-state index >= 15 is 0 Å². The first-order valence-corrected chi connectivity index (χ1v) is 7.69. The smallest absolute Gasteiger partial charge is 0.257 e. The Morgan fingerprint density at radius 3 is 2.95 bits per heavy atom. The normalized spacial score (nSPS) is 26.0. The molecule has 22 heavy (non-hydrogen) atoms. The lowest BCUT2D eigenvalue weighted by Crippen LogP contribution is -2.36. The first kappa shape index (κ1) is 13.7. The van der Waals surface area contributed by atoms with E-state index < -0.39 is 17.8 Å². The molecule has 116 valence electrons. The maximum absolute atomic E-state index is 13.5. The summed E-state index contributed by atoms with van der Waals surface area (Å²) in [5.41, 5.74) is 2.26. The van der Waals surface area contributed by atoms with Crippen molar-refractivity contribution in [3.05, 3.63) is 35.6 Å². The van der Waals surface area contributed by atoms with Gasteiger partial charge in [0.25, 0.3) is 11.8 Å². The lowest BCUT2D eigenvalue weighted by atomic mass is 10.1. The minimum atomic E-state index is -2.58. The number of furan rings is 1. The molecule has 1 saturated carbocycles. The predicted molar refractivity (Wildman–Crippen MR) is 78.0 cm³/mol. The van der Waals surface area contributed by atoms with Gasteiger partial charge in [-0.05, 0) is 30.5 Å². The van der Waals surface area contributed by atoms with Crippen LogP contribution in [-0.2, 0) is 6.42 Å². The van der Waals surface area contributed by atoms with Crippen molar-refractivity contribution >= 4 is 16.9 Å². The van der Waals surface area contributed by atoms with E-state index in [2.05, 4.69) is 0 Å². The van der Waals surface area contributed by atoms with Gasteiger partial charge in [0, 0.05) is 30.3 Å². The number of likely N-dealkylation sites (tertiary alicyclic amines) is 1. The van der Waals surface area contributed by atoms with E-state index in [-0.39, 0.29) is 12.5 Å². The summed E-state index contributed by atoms with van der Waals surface area (Å²) >= 11 is 0. The highest BCUT2D eigenvalue weighted by Gasteiger charge is 2.69. The number of aryl methyl sites for hydroxylation is 1. The number of carbonyl (C=O) groups excluding carboxylic acids is 1. The van der Waals surface area contributed by atoms with Gasteiger partial charge in [0.1, 0.15) is 11.8 Å². The van der Waals surface area contributed by atoms with E-state index in [1.54, 1.807) is 4.90 Å². The van der Waals surface area contributed by atoms with Crippen LogP contribution in [0, 0.1) is 11.8 Å². The third-order valence-corrected chi connectivity index (χ3v) is 5.06. The Bertz CT molecular complexity index is 752. The molecule has 2 aromatic rings. The second-order valence-corrected chi connectivity index (χ2v) is 6.26. The van der Waals surface area contributed by atoms with Crippen molar-refractivity contribution in [1.82, 2.24) is 4.90 Å². The van der Waals surface area contributed by atoms with Gasteiger partial charge in [0.05, 0.1) is 5.56 Å². The van der Waals surface area contributed by atoms with E-state index in [1.165, 1.54) is 6.26 Å². The third kappa shape index (κ3) is 1.87. The number of hydrogen-bond acceptors (Lipinski definition) is 2. The molecule has 5 heteroatoms. The minimum absolute atomic E-state index is 0.149. The number of hydrogen-bond donors (Lipinski definition) is 0. The quantitative estimate of drug-likeness (QED) is 0.847. The molecule has 1 aromatic carbocycles. The van der Waals surface area contributed by atoms with Crippen LogP contribution in [-0.4, -0.2) is 29.8 Å². The van der Waals surface area contributed by atoms with Crippen LogP contribution in [0.4, 0.5) is 8.78 Å². The molecule has 3 nitrogen and oxygen atoms in total. The molecule has 4 rings (SSSR count). The second kappa shape index (κ2) is 4.54. The minimum Gasteiger partial charge on any atom is -0.463 e. The molecule has 0 unspecified atom stereocenters. The van der Waals surface area contributed by atoms with Gasteiger partial charge in [-0.2, -0.15) is 0 Å². The van der Waals surface area contributed by atoms with Crippen molar-refractivity contribution in [2.75, 3.05) is 13.1 Å². The van der Waals surface area contributed by atoms with Crippen molar-refractivity contribution in [2.24, 2.45) is 11.8 Å². The monoisotopic (exact) mass is 305 g/mol. The second-order valence-electron chi connectivity index (χ2n) is 6.26. The van der Waals surface area contributed by atoms with E-state index in [0.29, 0.717) is 24.1 Å². The lowest BCUT2D eigenvalue weighted by molar-refractivity contribution is 0.0691. The number of rotatable bonds is 2. The Kier molecular flexibility index (Phi) is 2.83. The van der Waals surface area contributed by atoms with Crippen LogP contribution in [0.3, 0.4) is 0 Å². The van der Waals surface area contributed by atoms with E-state index in [1.807, 2.05) is 25.1 Å². The summed E-state index contributed by atoms with van der Waals surface area (Å²) in [7, 11) is 0. The summed E-state index contributed by atoms with van der Waals surface area (Å²) in [6.07, 6.45) is 2.71. The van der Waals surface area contributed by atoms with Gasteiger partial charge in [-0.1, -0.05) is 13.0 Å². The summed E-state index contributed by atoms with van der Waals surface area (Å²) in [5, 5.41) is 0.772. The molecule has 1 saturated heterocycles. The number of fused-ring (bicyclic) bond motifs is 2. The zero-order chi connectivity index (χ0) is 15.5. The van der Waals surface area contributed by atoms with Gasteiger partial charge in [-0.15, -0.1) is 0 Å². The van der Waals surface area contributed by atoms with Gasteiger partial charge < -0.3 is 9.32 Å². The highest BCUT2D eigenvalue weighted by atomic mass is 19.3. The molecular weight excluding hydrogens is 288 g/mol. The van der Waals surface area contributed by atoms with Crippen LogP contribution in [0.15, 0.2) is 28.9 Å². The summed E-state index contributed by atoms with van der Waals surface area (Å²) < 4.78 is 32.4. The fourth-order valence-electron chi connectivity index (χ4n) is 3.54. The van der Waals surface area contributed by atoms with Crippen molar-refractivity contribution < 1.29 is 18.0 Å². The zero-order valence-electron chi connectivity index (χ0n) is 12.3. The number of nitrogens with zero attached hydrogens (tertiary/aromatic N) is 1. The molecule has 2 fully saturated rings. The topological polar surface area (TPSA) is 33.5 Å². The standard InChI is InChI=1S/C17H17F2NO2/c1-2-10-3-4-15-11(7-10)12(9-22-15)16(21)20-6-5-13-14(8-20)17(13,18)19/h3-4,7,9,13-14H,2,5-6,8H2,1H3/t13-,14+/m1/s1. The molecular formula is C17H17F2NO2. The summed E-state index contributed by atoms with van der Waals surface area (Å²) in [6, 6.07) is 5.77. The number of benzene rings is 1. The fraction of sp³-hybridized carbons (Fsp3) is 0.471. The number of piperidine rings is 1. The molecule has 0 N–H and O–H groups in total. The van der Waals surface area contributed by atoms with Crippen molar-refractivity contribution in [2.45, 2.75) is 25.7 Å². The van der Waals surface area contributed by atoms with Crippen molar-refractivity contribution in [3.8, 4) is 0 Å². The largest absolute Gasteiger partial charge is 0.463 e. The Morgan fingerprint density at radius 2 is 2.23 bits per heavy atom. The van der Waals surface area contributed by atoms with Gasteiger partial charge in [0.2, 0.25) is 0 Å². The highest BCUT2D eigenvalue weighted by molar-refractivity contribution is 6.06. The number of halogens is 2. The van der Waals surface area contributed by atoms with Crippen LogP contribution < -0.4 is 0 Å². The first-order chi connectivity index (χ1) is 10.5.